The molecular weight excluding hydrogens is 274 g/mol. The van der Waals surface area contributed by atoms with Gasteiger partial charge in [-0.15, -0.1) is 11.3 Å². The van der Waals surface area contributed by atoms with Crippen LogP contribution < -0.4 is 5.32 Å². The molecule has 1 aromatic rings. The molecule has 0 saturated heterocycles. The normalized spacial score (nSPS) is 16.4. The zero-order chi connectivity index (χ0) is 14.4. The molecule has 1 aliphatic carbocycles. The number of carbonyl (C=O) groups is 2. The smallest absolute Gasteiger partial charge is 0.350 e. The molecule has 0 radical (unpaired) electrons. The second-order valence-electron chi connectivity index (χ2n) is 5.26. The molecule has 0 aromatic carbocycles. The number of rotatable bonds is 4. The summed E-state index contributed by atoms with van der Waals surface area (Å²) in [5, 5.41) is 4.63. The monoisotopic (exact) mass is 295 g/mol. The summed E-state index contributed by atoms with van der Waals surface area (Å²) in [5.41, 5.74) is 0.570. The van der Waals surface area contributed by atoms with Gasteiger partial charge in [0.05, 0.1) is 12.8 Å². The van der Waals surface area contributed by atoms with Gasteiger partial charge in [-0.1, -0.05) is 25.7 Å². The Labute approximate surface area is 123 Å². The van der Waals surface area contributed by atoms with Crippen molar-refractivity contribution in [2.24, 2.45) is 5.92 Å². The predicted octanol–water partition coefficient (Wildman–Crippen LogP) is 3.83. The third-order valence-electron chi connectivity index (χ3n) is 3.76. The summed E-state index contributed by atoms with van der Waals surface area (Å²) in [6.45, 7) is 0. The highest BCUT2D eigenvalue weighted by molar-refractivity contribution is 7.12. The van der Waals surface area contributed by atoms with Gasteiger partial charge < -0.3 is 10.1 Å². The molecule has 0 aliphatic heterocycles. The molecule has 0 bridgehead atoms. The van der Waals surface area contributed by atoms with Crippen molar-refractivity contribution < 1.29 is 14.3 Å². The van der Waals surface area contributed by atoms with E-state index in [2.05, 4.69) is 5.32 Å². The average Bonchev–Trinajstić information content (AvgIpc) is 2.73. The molecule has 1 N–H and O–H groups in total. The molecule has 1 fully saturated rings. The third kappa shape index (κ3) is 4.07. The lowest BCUT2D eigenvalue weighted by atomic mass is 9.96. The molecule has 4 nitrogen and oxygen atoms in total. The molecule has 1 heterocycles. The van der Waals surface area contributed by atoms with Crippen LogP contribution in [-0.2, 0) is 9.53 Å². The Hall–Kier alpha value is -1.36. The summed E-state index contributed by atoms with van der Waals surface area (Å²) >= 11 is 1.28. The summed E-state index contributed by atoms with van der Waals surface area (Å²) < 4.78 is 4.70. The first-order valence-electron chi connectivity index (χ1n) is 7.16. The molecular formula is C15H21NO3S. The SMILES string of the molecule is COC(=O)c1sccc1NC(=O)CC1CCCCCC1. The third-order valence-corrected chi connectivity index (χ3v) is 4.65. The minimum atomic E-state index is -0.398. The number of anilines is 1. The number of carbonyl (C=O) groups excluding carboxylic acids is 2. The summed E-state index contributed by atoms with van der Waals surface area (Å²) in [4.78, 5) is 24.1. The Morgan fingerprint density at radius 2 is 2.00 bits per heavy atom. The van der Waals surface area contributed by atoms with Gasteiger partial charge in [-0.25, -0.2) is 4.79 Å². The Kier molecular flexibility index (Phi) is 5.59. The van der Waals surface area contributed by atoms with Crippen molar-refractivity contribution in [3.63, 3.8) is 0 Å². The summed E-state index contributed by atoms with van der Waals surface area (Å²) in [6.07, 6.45) is 7.86. The van der Waals surface area contributed by atoms with Gasteiger partial charge in [0.15, 0.2) is 0 Å². The van der Waals surface area contributed by atoms with Gasteiger partial charge in [0.1, 0.15) is 4.88 Å². The van der Waals surface area contributed by atoms with Crippen LogP contribution in [0.25, 0.3) is 0 Å². The van der Waals surface area contributed by atoms with Gasteiger partial charge in [-0.05, 0) is 30.2 Å². The quantitative estimate of drug-likeness (QED) is 0.678. The van der Waals surface area contributed by atoms with Crippen molar-refractivity contribution in [2.75, 3.05) is 12.4 Å². The lowest BCUT2D eigenvalue weighted by molar-refractivity contribution is -0.117. The van der Waals surface area contributed by atoms with Crippen LogP contribution in [0.5, 0.6) is 0 Å². The van der Waals surface area contributed by atoms with E-state index in [0.717, 1.165) is 12.8 Å². The first-order chi connectivity index (χ1) is 9.70. The highest BCUT2D eigenvalue weighted by atomic mass is 32.1. The van der Waals surface area contributed by atoms with Crippen molar-refractivity contribution in [1.82, 2.24) is 0 Å². The largest absolute Gasteiger partial charge is 0.465 e. The summed E-state index contributed by atoms with van der Waals surface area (Å²) in [5.74, 6) is 0.0860. The number of amides is 1. The minimum absolute atomic E-state index is 0.000420. The maximum atomic E-state index is 12.1. The van der Waals surface area contributed by atoms with E-state index >= 15 is 0 Å². The van der Waals surface area contributed by atoms with E-state index in [0.29, 0.717) is 22.9 Å². The fraction of sp³-hybridized carbons (Fsp3) is 0.600. The van der Waals surface area contributed by atoms with Crippen molar-refractivity contribution in [3.05, 3.63) is 16.3 Å². The standard InChI is InChI=1S/C15H21NO3S/c1-19-15(18)14-12(8-9-20-14)16-13(17)10-11-6-4-2-3-5-7-11/h8-9,11H,2-7,10H2,1H3,(H,16,17). The number of nitrogens with one attached hydrogen (secondary N) is 1. The van der Waals surface area contributed by atoms with Crippen molar-refractivity contribution in [1.29, 1.82) is 0 Å². The fourth-order valence-corrected chi connectivity index (χ4v) is 3.46. The van der Waals surface area contributed by atoms with Gasteiger partial charge in [0.2, 0.25) is 5.91 Å². The van der Waals surface area contributed by atoms with Gasteiger partial charge in [-0.3, -0.25) is 4.79 Å². The number of ether oxygens (including phenoxy) is 1. The van der Waals surface area contributed by atoms with Crippen molar-refractivity contribution in [2.45, 2.75) is 44.9 Å². The summed E-state index contributed by atoms with van der Waals surface area (Å²) in [6, 6.07) is 1.75. The Morgan fingerprint density at radius 1 is 1.30 bits per heavy atom. The van der Waals surface area contributed by atoms with Crippen LogP contribution in [0.15, 0.2) is 11.4 Å². The molecule has 110 valence electrons. The van der Waals surface area contributed by atoms with Crippen LogP contribution in [0.2, 0.25) is 0 Å². The van der Waals surface area contributed by atoms with E-state index in [9.17, 15) is 9.59 Å². The average molecular weight is 295 g/mol. The number of esters is 1. The highest BCUT2D eigenvalue weighted by Gasteiger charge is 2.19. The maximum Gasteiger partial charge on any atom is 0.350 e. The molecule has 1 aromatic heterocycles. The summed E-state index contributed by atoms with van der Waals surface area (Å²) in [7, 11) is 1.35. The Balaban J connectivity index is 1.91. The molecule has 1 saturated carbocycles. The second kappa shape index (κ2) is 7.43. The zero-order valence-electron chi connectivity index (χ0n) is 11.8. The van der Waals surface area contributed by atoms with Crippen LogP contribution in [-0.4, -0.2) is 19.0 Å². The Bertz CT molecular complexity index is 461. The van der Waals surface area contributed by atoms with Crippen LogP contribution in [0.3, 0.4) is 0 Å². The molecule has 5 heteroatoms. The van der Waals surface area contributed by atoms with E-state index in [1.54, 1.807) is 11.4 Å². The van der Waals surface area contributed by atoms with E-state index in [1.807, 2.05) is 0 Å². The van der Waals surface area contributed by atoms with Crippen molar-refractivity contribution >= 4 is 28.9 Å². The van der Waals surface area contributed by atoms with Crippen LogP contribution >= 0.6 is 11.3 Å². The molecule has 2 rings (SSSR count). The first-order valence-corrected chi connectivity index (χ1v) is 8.04. The number of methoxy groups -OCH3 is 1. The van der Waals surface area contributed by atoms with Crippen LogP contribution in [0, 0.1) is 5.92 Å². The maximum absolute atomic E-state index is 12.1. The van der Waals surface area contributed by atoms with Gasteiger partial charge in [0, 0.05) is 6.42 Å². The number of hydrogen-bond donors (Lipinski definition) is 1. The number of hydrogen-bond acceptors (Lipinski definition) is 4. The van der Waals surface area contributed by atoms with Crippen LogP contribution in [0.1, 0.15) is 54.6 Å². The molecule has 1 aliphatic rings. The van der Waals surface area contributed by atoms with E-state index in [-0.39, 0.29) is 5.91 Å². The van der Waals surface area contributed by atoms with E-state index in [1.165, 1.54) is 44.1 Å². The minimum Gasteiger partial charge on any atom is -0.465 e. The predicted molar refractivity (Wildman–Crippen MR) is 80.1 cm³/mol. The zero-order valence-corrected chi connectivity index (χ0v) is 12.6. The van der Waals surface area contributed by atoms with E-state index in [4.69, 9.17) is 4.74 Å². The van der Waals surface area contributed by atoms with E-state index < -0.39 is 5.97 Å². The van der Waals surface area contributed by atoms with Gasteiger partial charge >= 0.3 is 5.97 Å². The second-order valence-corrected chi connectivity index (χ2v) is 6.18. The van der Waals surface area contributed by atoms with Crippen LogP contribution in [0.4, 0.5) is 5.69 Å². The number of thiophene rings is 1. The molecule has 20 heavy (non-hydrogen) atoms. The molecule has 0 spiro atoms. The van der Waals surface area contributed by atoms with Gasteiger partial charge in [0.25, 0.3) is 0 Å². The first kappa shape index (κ1) is 15.0. The Morgan fingerprint density at radius 3 is 2.65 bits per heavy atom. The fourth-order valence-electron chi connectivity index (χ4n) is 2.69. The molecule has 1 amide bonds. The topological polar surface area (TPSA) is 55.4 Å². The molecule has 0 atom stereocenters. The van der Waals surface area contributed by atoms with Crippen molar-refractivity contribution in [3.8, 4) is 0 Å². The lowest BCUT2D eigenvalue weighted by Crippen LogP contribution is -2.17. The van der Waals surface area contributed by atoms with Gasteiger partial charge in [-0.2, -0.15) is 0 Å². The highest BCUT2D eigenvalue weighted by Crippen LogP contribution is 2.27. The molecule has 0 unspecified atom stereocenters. The lowest BCUT2D eigenvalue weighted by Gasteiger charge is -2.13.